The number of nitrogens with zero attached hydrogens (tertiary/aromatic N) is 2. The van der Waals surface area contributed by atoms with Gasteiger partial charge in [0.2, 0.25) is 0 Å². The fourth-order valence-corrected chi connectivity index (χ4v) is 5.49. The second-order valence-corrected chi connectivity index (χ2v) is 8.75. The van der Waals surface area contributed by atoms with Gasteiger partial charge < -0.3 is 9.30 Å². The van der Waals surface area contributed by atoms with Crippen LogP contribution in [0.15, 0.2) is 59.6 Å². The van der Waals surface area contributed by atoms with Crippen molar-refractivity contribution in [2.45, 2.75) is 32.2 Å². The number of fused-ring (bicyclic) bond motifs is 4. The lowest BCUT2D eigenvalue weighted by Gasteiger charge is -2.15. The molecule has 0 bridgehead atoms. The molecule has 1 aliphatic rings. The Morgan fingerprint density at radius 3 is 2.77 bits per heavy atom. The zero-order valence-electron chi connectivity index (χ0n) is 17.1. The lowest BCUT2D eigenvalue weighted by atomic mass is 9.90. The second kappa shape index (κ2) is 8.17. The molecule has 1 aliphatic carbocycles. The van der Waals surface area contributed by atoms with Crippen LogP contribution in [0.5, 0.6) is 0 Å². The minimum absolute atomic E-state index is 0.176. The molecule has 1 heterocycles. The van der Waals surface area contributed by atoms with Crippen molar-refractivity contribution < 1.29 is 9.53 Å². The molecule has 0 fully saturated rings. The standard InChI is InChI=1S/C25H24N2O2S/c1-29-15-14-27-22-13-12-18-7-4-5-9-21(18)23(22)30-25(27)26-24(28)20-11-10-17-6-2-3-8-19(17)16-20/h4-5,7,9-13,16H,2-3,6,8,14-15H2,1H3. The molecule has 0 spiro atoms. The first-order valence-corrected chi connectivity index (χ1v) is 11.3. The van der Waals surface area contributed by atoms with Gasteiger partial charge in [-0.25, -0.2) is 0 Å². The van der Waals surface area contributed by atoms with Gasteiger partial charge in [0.05, 0.1) is 16.8 Å². The summed E-state index contributed by atoms with van der Waals surface area (Å²) >= 11 is 1.58. The van der Waals surface area contributed by atoms with Crippen molar-refractivity contribution in [1.82, 2.24) is 4.57 Å². The number of thiazole rings is 1. The van der Waals surface area contributed by atoms with Crippen LogP contribution in [0, 0.1) is 0 Å². The number of benzene rings is 3. The van der Waals surface area contributed by atoms with Crippen molar-refractivity contribution >= 4 is 38.2 Å². The number of rotatable bonds is 4. The van der Waals surface area contributed by atoms with Crippen molar-refractivity contribution in [3.63, 3.8) is 0 Å². The number of amides is 1. The molecule has 0 unspecified atom stereocenters. The Labute approximate surface area is 179 Å². The summed E-state index contributed by atoms with van der Waals surface area (Å²) in [6, 6.07) is 18.7. The number of hydrogen-bond acceptors (Lipinski definition) is 3. The molecule has 0 saturated heterocycles. The Morgan fingerprint density at radius 2 is 1.90 bits per heavy atom. The third-order valence-corrected chi connectivity index (χ3v) is 7.01. The van der Waals surface area contributed by atoms with Crippen LogP contribution in [0.1, 0.15) is 34.3 Å². The predicted octanol–water partition coefficient (Wildman–Crippen LogP) is 5.12. The largest absolute Gasteiger partial charge is 0.383 e. The number of hydrogen-bond donors (Lipinski definition) is 0. The maximum atomic E-state index is 13.1. The molecule has 5 rings (SSSR count). The van der Waals surface area contributed by atoms with Gasteiger partial charge in [-0.05, 0) is 60.4 Å². The lowest BCUT2D eigenvalue weighted by Crippen LogP contribution is -2.19. The van der Waals surface area contributed by atoms with Crippen LogP contribution in [-0.4, -0.2) is 24.2 Å². The Morgan fingerprint density at radius 1 is 1.07 bits per heavy atom. The smallest absolute Gasteiger partial charge is 0.279 e. The van der Waals surface area contributed by atoms with Crippen LogP contribution < -0.4 is 4.80 Å². The third kappa shape index (κ3) is 3.48. The SMILES string of the molecule is COCCn1c(=NC(=O)c2ccc3c(c2)CCCC3)sc2c3ccccc3ccc21. The minimum atomic E-state index is -0.176. The number of aromatic nitrogens is 1. The van der Waals surface area contributed by atoms with Gasteiger partial charge in [-0.3, -0.25) is 4.79 Å². The monoisotopic (exact) mass is 416 g/mol. The molecule has 5 heteroatoms. The summed E-state index contributed by atoms with van der Waals surface area (Å²) in [6.45, 7) is 1.23. The van der Waals surface area contributed by atoms with E-state index in [0.717, 1.165) is 27.9 Å². The molecule has 4 nitrogen and oxygen atoms in total. The quantitative estimate of drug-likeness (QED) is 0.463. The minimum Gasteiger partial charge on any atom is -0.383 e. The van der Waals surface area contributed by atoms with Crippen LogP contribution in [-0.2, 0) is 24.1 Å². The molecule has 30 heavy (non-hydrogen) atoms. The van der Waals surface area contributed by atoms with Gasteiger partial charge in [-0.1, -0.05) is 47.7 Å². The van der Waals surface area contributed by atoms with Gasteiger partial charge in [-0.15, -0.1) is 0 Å². The Balaban J connectivity index is 1.64. The van der Waals surface area contributed by atoms with E-state index in [2.05, 4.69) is 46.0 Å². The van der Waals surface area contributed by atoms with Crippen LogP contribution in [0.25, 0.3) is 21.0 Å². The molecule has 0 N–H and O–H groups in total. The van der Waals surface area contributed by atoms with Crippen molar-refractivity contribution in [3.05, 3.63) is 76.1 Å². The van der Waals surface area contributed by atoms with Crippen molar-refractivity contribution in [1.29, 1.82) is 0 Å². The maximum Gasteiger partial charge on any atom is 0.279 e. The summed E-state index contributed by atoms with van der Waals surface area (Å²) in [4.78, 5) is 18.3. The van der Waals surface area contributed by atoms with E-state index >= 15 is 0 Å². The first-order valence-electron chi connectivity index (χ1n) is 10.5. The highest BCUT2D eigenvalue weighted by Crippen LogP contribution is 2.28. The number of aryl methyl sites for hydroxylation is 2. The van der Waals surface area contributed by atoms with Crippen LogP contribution >= 0.6 is 11.3 Å². The Bertz CT molecular complexity index is 1320. The van der Waals surface area contributed by atoms with E-state index in [1.165, 1.54) is 34.7 Å². The highest BCUT2D eigenvalue weighted by atomic mass is 32.1. The molecule has 3 aromatic carbocycles. The van der Waals surface area contributed by atoms with E-state index in [4.69, 9.17) is 4.74 Å². The third-order valence-electron chi connectivity index (χ3n) is 5.89. The first-order chi connectivity index (χ1) is 14.7. The van der Waals surface area contributed by atoms with Crippen LogP contribution in [0.3, 0.4) is 0 Å². The number of carbonyl (C=O) groups is 1. The summed E-state index contributed by atoms with van der Waals surface area (Å²) < 4.78 is 8.57. The van der Waals surface area contributed by atoms with Gasteiger partial charge in [0, 0.05) is 24.6 Å². The molecular formula is C25H24N2O2S. The number of carbonyl (C=O) groups excluding carboxylic acids is 1. The summed E-state index contributed by atoms with van der Waals surface area (Å²) in [5.41, 5.74) is 4.45. The molecule has 152 valence electrons. The molecule has 1 aromatic heterocycles. The van der Waals surface area contributed by atoms with E-state index in [1.807, 2.05) is 18.2 Å². The molecular weight excluding hydrogens is 392 g/mol. The summed E-state index contributed by atoms with van der Waals surface area (Å²) in [6.07, 6.45) is 4.60. The molecule has 0 aliphatic heterocycles. The van der Waals surface area contributed by atoms with Crippen LogP contribution in [0.4, 0.5) is 0 Å². The number of ether oxygens (including phenoxy) is 1. The Hall–Kier alpha value is -2.76. The average molecular weight is 417 g/mol. The second-order valence-electron chi connectivity index (χ2n) is 7.77. The Kier molecular flexibility index (Phi) is 5.23. The van der Waals surface area contributed by atoms with E-state index in [-0.39, 0.29) is 5.91 Å². The predicted molar refractivity (Wildman–Crippen MR) is 122 cm³/mol. The van der Waals surface area contributed by atoms with Gasteiger partial charge in [0.15, 0.2) is 4.80 Å². The normalized spacial score (nSPS) is 14.4. The van der Waals surface area contributed by atoms with E-state index in [0.29, 0.717) is 18.7 Å². The summed E-state index contributed by atoms with van der Waals surface area (Å²) in [5.74, 6) is -0.176. The molecule has 0 saturated carbocycles. The molecule has 1 amide bonds. The summed E-state index contributed by atoms with van der Waals surface area (Å²) in [7, 11) is 1.69. The van der Waals surface area contributed by atoms with Gasteiger partial charge in [0.1, 0.15) is 0 Å². The fraction of sp³-hybridized carbons (Fsp3) is 0.280. The molecule has 0 radical (unpaired) electrons. The molecule has 4 aromatic rings. The fourth-order valence-electron chi connectivity index (χ4n) is 4.30. The van der Waals surface area contributed by atoms with Crippen molar-refractivity contribution in [2.24, 2.45) is 4.99 Å². The van der Waals surface area contributed by atoms with Crippen molar-refractivity contribution in [3.8, 4) is 0 Å². The van der Waals surface area contributed by atoms with Gasteiger partial charge in [-0.2, -0.15) is 4.99 Å². The average Bonchev–Trinajstić information content (AvgIpc) is 3.14. The van der Waals surface area contributed by atoms with E-state index in [9.17, 15) is 4.79 Å². The lowest BCUT2D eigenvalue weighted by molar-refractivity contribution is 0.0997. The molecule has 0 atom stereocenters. The van der Waals surface area contributed by atoms with Gasteiger partial charge in [0.25, 0.3) is 5.91 Å². The zero-order valence-corrected chi connectivity index (χ0v) is 17.9. The van der Waals surface area contributed by atoms with Crippen molar-refractivity contribution in [2.75, 3.05) is 13.7 Å². The highest BCUT2D eigenvalue weighted by Gasteiger charge is 2.14. The zero-order chi connectivity index (χ0) is 20.5. The topological polar surface area (TPSA) is 43.6 Å². The first kappa shape index (κ1) is 19.2. The van der Waals surface area contributed by atoms with Crippen LogP contribution in [0.2, 0.25) is 0 Å². The van der Waals surface area contributed by atoms with Gasteiger partial charge >= 0.3 is 0 Å². The van der Waals surface area contributed by atoms with E-state index < -0.39 is 0 Å². The summed E-state index contributed by atoms with van der Waals surface area (Å²) in [5, 5.41) is 2.38. The highest BCUT2D eigenvalue weighted by molar-refractivity contribution is 7.17. The van der Waals surface area contributed by atoms with E-state index in [1.54, 1.807) is 18.4 Å². The maximum absolute atomic E-state index is 13.1. The number of methoxy groups -OCH3 is 1.